The van der Waals surface area contributed by atoms with Crippen molar-refractivity contribution in [3.05, 3.63) is 46.9 Å². The number of benzene rings is 1. The van der Waals surface area contributed by atoms with Crippen LogP contribution in [-0.2, 0) is 4.79 Å². The molecule has 2 aromatic heterocycles. The van der Waals surface area contributed by atoms with Crippen LogP contribution in [0.5, 0.6) is 5.88 Å². The fraction of sp³-hybridized carbons (Fsp3) is 0.533. The summed E-state index contributed by atoms with van der Waals surface area (Å²) in [7, 11) is 0. The number of anilines is 1. The van der Waals surface area contributed by atoms with E-state index in [1.54, 1.807) is 6.20 Å². The van der Waals surface area contributed by atoms with Gasteiger partial charge in [-0.25, -0.2) is 14.4 Å². The Hall–Kier alpha value is -3.24. The number of ether oxygens (including phenoxy) is 1. The summed E-state index contributed by atoms with van der Waals surface area (Å²) < 4.78 is 22.0. The molecule has 9 nitrogen and oxygen atoms in total. The van der Waals surface area contributed by atoms with Crippen LogP contribution in [-0.4, -0.2) is 63.5 Å². The Bertz CT molecular complexity index is 1360. The van der Waals surface area contributed by atoms with Gasteiger partial charge in [-0.1, -0.05) is 18.0 Å². The first-order valence-electron chi connectivity index (χ1n) is 14.6. The quantitative estimate of drug-likeness (QED) is 0.340. The molecule has 2 fully saturated rings. The van der Waals surface area contributed by atoms with Crippen LogP contribution in [0.15, 0.2) is 30.5 Å². The molecule has 1 aliphatic carbocycles. The third-order valence-corrected chi connectivity index (χ3v) is 8.09. The van der Waals surface area contributed by atoms with Crippen molar-refractivity contribution in [3.63, 3.8) is 0 Å². The molecular weight excluding hydrogens is 547 g/mol. The van der Waals surface area contributed by atoms with E-state index in [-0.39, 0.29) is 34.5 Å². The van der Waals surface area contributed by atoms with Crippen LogP contribution in [0.1, 0.15) is 75.2 Å². The zero-order valence-corrected chi connectivity index (χ0v) is 24.4. The zero-order chi connectivity index (χ0) is 28.9. The molecule has 2 amide bonds. The lowest BCUT2D eigenvalue weighted by atomic mass is 9.85. The summed E-state index contributed by atoms with van der Waals surface area (Å²) in [5.74, 6) is -0.239. The molecule has 1 saturated carbocycles. The van der Waals surface area contributed by atoms with Crippen LogP contribution < -0.4 is 15.4 Å². The number of carbonyl (C=O) groups is 2. The predicted octanol–water partition coefficient (Wildman–Crippen LogP) is 5.60. The summed E-state index contributed by atoms with van der Waals surface area (Å²) in [4.78, 5) is 37.3. The van der Waals surface area contributed by atoms with Crippen LogP contribution in [0.2, 0.25) is 5.02 Å². The van der Waals surface area contributed by atoms with Gasteiger partial charge in [0, 0.05) is 41.2 Å². The van der Waals surface area contributed by atoms with Crippen molar-refractivity contribution >= 4 is 40.4 Å². The number of carbonyl (C=O) groups excluding carboxylic acids is 2. The summed E-state index contributed by atoms with van der Waals surface area (Å²) in [6, 6.07) is 5.67. The third kappa shape index (κ3) is 7.35. The molecule has 41 heavy (non-hydrogen) atoms. The largest absolute Gasteiger partial charge is 0.476 e. The minimum Gasteiger partial charge on any atom is -0.476 e. The summed E-state index contributed by atoms with van der Waals surface area (Å²) >= 11 is 5.99. The summed E-state index contributed by atoms with van der Waals surface area (Å²) in [5.41, 5.74) is 1.50. The van der Waals surface area contributed by atoms with Crippen molar-refractivity contribution in [2.75, 3.05) is 31.6 Å². The van der Waals surface area contributed by atoms with E-state index in [1.807, 2.05) is 24.5 Å². The van der Waals surface area contributed by atoms with E-state index < -0.39 is 11.7 Å². The van der Waals surface area contributed by atoms with Gasteiger partial charge < -0.3 is 14.6 Å². The third-order valence-electron chi connectivity index (χ3n) is 7.87. The number of imidazole rings is 1. The molecule has 0 bridgehead atoms. The van der Waals surface area contributed by atoms with E-state index in [9.17, 15) is 14.0 Å². The molecule has 2 aliphatic rings. The van der Waals surface area contributed by atoms with Crippen molar-refractivity contribution in [1.82, 2.24) is 24.8 Å². The number of pyridine rings is 1. The molecule has 3 heterocycles. The summed E-state index contributed by atoms with van der Waals surface area (Å²) in [6.07, 6.45) is 8.31. The first-order valence-corrected chi connectivity index (χ1v) is 15.0. The number of fused-ring (bicyclic) bond motifs is 1. The number of amides is 2. The lowest BCUT2D eigenvalue weighted by Crippen LogP contribution is -2.37. The lowest BCUT2D eigenvalue weighted by molar-refractivity contribution is -0.126. The molecular formula is C30H38ClFN6O3. The molecule has 11 heteroatoms. The average molecular weight is 585 g/mol. The summed E-state index contributed by atoms with van der Waals surface area (Å²) in [5, 5.41) is 6.03. The van der Waals surface area contributed by atoms with Gasteiger partial charge in [-0.2, -0.15) is 0 Å². The van der Waals surface area contributed by atoms with E-state index in [2.05, 4.69) is 25.5 Å². The van der Waals surface area contributed by atoms with E-state index in [4.69, 9.17) is 16.3 Å². The van der Waals surface area contributed by atoms with Crippen molar-refractivity contribution in [3.8, 4) is 5.88 Å². The first kappa shape index (κ1) is 29.3. The molecule has 220 valence electrons. The van der Waals surface area contributed by atoms with Gasteiger partial charge in [0.15, 0.2) is 0 Å². The highest BCUT2D eigenvalue weighted by Gasteiger charge is 2.30. The van der Waals surface area contributed by atoms with Gasteiger partial charge in [0.25, 0.3) is 5.91 Å². The number of hydrogen-bond acceptors (Lipinski definition) is 6. The Morgan fingerprint density at radius 1 is 1.10 bits per heavy atom. The van der Waals surface area contributed by atoms with Crippen molar-refractivity contribution in [1.29, 1.82) is 0 Å². The Morgan fingerprint density at radius 3 is 2.56 bits per heavy atom. The van der Waals surface area contributed by atoms with E-state index >= 15 is 0 Å². The molecule has 1 aromatic carbocycles. The van der Waals surface area contributed by atoms with Crippen LogP contribution in [0, 0.1) is 11.7 Å². The highest BCUT2D eigenvalue weighted by atomic mass is 35.5. The fourth-order valence-electron chi connectivity index (χ4n) is 5.84. The average Bonchev–Trinajstić information content (AvgIpc) is 3.29. The van der Waals surface area contributed by atoms with Gasteiger partial charge in [-0.3, -0.25) is 19.8 Å². The van der Waals surface area contributed by atoms with Gasteiger partial charge in [0.2, 0.25) is 17.7 Å². The standard InChI is InChI=1S/C30H38ClFN6O3/c1-19(2)34-28(39)20-6-8-24(9-7-20)38-26-17-27(41-13-12-37-10-4-3-5-11-37)33-18-25(26)35-30(38)36-29(40)21-14-22(31)16-23(32)15-21/h14-20,24H,3-13H2,1-2H3,(H,34,39)(H,35,36,40). The lowest BCUT2D eigenvalue weighted by Gasteiger charge is -2.30. The maximum absolute atomic E-state index is 14.0. The second kappa shape index (κ2) is 13.2. The molecule has 0 radical (unpaired) electrons. The van der Waals surface area contributed by atoms with E-state index in [0.29, 0.717) is 24.0 Å². The van der Waals surface area contributed by atoms with Crippen molar-refractivity contribution in [2.24, 2.45) is 5.92 Å². The van der Waals surface area contributed by atoms with Gasteiger partial charge >= 0.3 is 0 Å². The molecule has 3 aromatic rings. The molecule has 0 atom stereocenters. The molecule has 1 saturated heterocycles. The second-order valence-corrected chi connectivity index (χ2v) is 11.8. The number of hydrogen-bond donors (Lipinski definition) is 2. The Labute approximate surface area is 244 Å². The first-order chi connectivity index (χ1) is 19.8. The highest BCUT2D eigenvalue weighted by Crippen LogP contribution is 2.37. The van der Waals surface area contributed by atoms with Crippen LogP contribution >= 0.6 is 11.6 Å². The number of halogens is 2. The van der Waals surface area contributed by atoms with Crippen molar-refractivity contribution < 1.29 is 18.7 Å². The zero-order valence-electron chi connectivity index (χ0n) is 23.7. The Kier molecular flexibility index (Phi) is 9.39. The maximum atomic E-state index is 14.0. The normalized spacial score (nSPS) is 19.8. The highest BCUT2D eigenvalue weighted by molar-refractivity contribution is 6.31. The van der Waals surface area contributed by atoms with Gasteiger partial charge in [0.1, 0.15) is 17.9 Å². The maximum Gasteiger partial charge on any atom is 0.258 e. The second-order valence-electron chi connectivity index (χ2n) is 11.3. The smallest absolute Gasteiger partial charge is 0.258 e. The summed E-state index contributed by atoms with van der Waals surface area (Å²) in [6.45, 7) is 7.50. The number of likely N-dealkylation sites (tertiary alicyclic amines) is 1. The van der Waals surface area contributed by atoms with Crippen molar-refractivity contribution in [2.45, 2.75) is 70.9 Å². The van der Waals surface area contributed by atoms with Gasteiger partial charge in [0.05, 0.1) is 11.7 Å². The Balaban J connectivity index is 1.38. The monoisotopic (exact) mass is 584 g/mol. The number of rotatable bonds is 9. The molecule has 0 unspecified atom stereocenters. The minimum atomic E-state index is -0.593. The fourth-order valence-corrected chi connectivity index (χ4v) is 6.06. The van der Waals surface area contributed by atoms with Crippen LogP contribution in [0.25, 0.3) is 11.0 Å². The number of aromatic nitrogens is 3. The predicted molar refractivity (Wildman–Crippen MR) is 157 cm³/mol. The number of nitrogens with zero attached hydrogens (tertiary/aromatic N) is 4. The van der Waals surface area contributed by atoms with E-state index in [1.165, 1.54) is 25.3 Å². The molecule has 2 N–H and O–H groups in total. The van der Waals surface area contributed by atoms with Crippen LogP contribution in [0.3, 0.4) is 0 Å². The molecule has 1 aliphatic heterocycles. The molecule has 0 spiro atoms. The van der Waals surface area contributed by atoms with Gasteiger partial charge in [-0.05, 0) is 83.7 Å². The molecule has 5 rings (SSSR count). The topological polar surface area (TPSA) is 101 Å². The number of piperidine rings is 1. The van der Waals surface area contributed by atoms with Gasteiger partial charge in [-0.15, -0.1) is 0 Å². The van der Waals surface area contributed by atoms with Crippen LogP contribution in [0.4, 0.5) is 10.3 Å². The number of nitrogens with one attached hydrogen (secondary N) is 2. The van der Waals surface area contributed by atoms with E-state index in [0.717, 1.165) is 63.0 Å². The SMILES string of the molecule is CC(C)NC(=O)C1CCC(n2c(NC(=O)c3cc(F)cc(Cl)c3)nc3cnc(OCCN4CCCCC4)cc32)CC1. The minimum absolute atomic E-state index is 0.00176. The Morgan fingerprint density at radius 2 is 1.85 bits per heavy atom.